The van der Waals surface area contributed by atoms with Gasteiger partial charge in [-0.3, -0.25) is 9.78 Å². The second-order valence-corrected chi connectivity index (χ2v) is 7.69. The van der Waals surface area contributed by atoms with Crippen LogP contribution in [0.2, 0.25) is 0 Å². The third kappa shape index (κ3) is 4.35. The summed E-state index contributed by atoms with van der Waals surface area (Å²) in [5.74, 6) is 0.745. The van der Waals surface area contributed by atoms with E-state index in [4.69, 9.17) is 0 Å². The molecule has 0 unspecified atom stereocenters. The van der Waals surface area contributed by atoms with Crippen LogP contribution >= 0.6 is 22.6 Å². The minimum Gasteiger partial charge on any atom is -0.507 e. The van der Waals surface area contributed by atoms with Crippen LogP contribution in [0.25, 0.3) is 16.9 Å². The molecule has 0 spiro atoms. The number of benzene rings is 1. The lowest BCUT2D eigenvalue weighted by molar-refractivity contribution is 0.0948. The Balaban J connectivity index is 1.45. The Morgan fingerprint density at radius 2 is 1.97 bits per heavy atom. The highest BCUT2D eigenvalue weighted by atomic mass is 127. The van der Waals surface area contributed by atoms with Crippen LogP contribution < -0.4 is 10.6 Å². The molecule has 1 aromatic carbocycles. The van der Waals surface area contributed by atoms with Gasteiger partial charge < -0.3 is 15.7 Å². The number of rotatable bonds is 7. The third-order valence-corrected chi connectivity index (χ3v) is 5.21. The number of anilines is 1. The number of aromatic hydroxyl groups is 1. The van der Waals surface area contributed by atoms with E-state index in [-0.39, 0.29) is 11.7 Å². The molecule has 0 bridgehead atoms. The van der Waals surface area contributed by atoms with Gasteiger partial charge in [0, 0.05) is 30.9 Å². The van der Waals surface area contributed by atoms with Crippen LogP contribution in [0.1, 0.15) is 16.9 Å². The van der Waals surface area contributed by atoms with E-state index in [2.05, 4.69) is 48.3 Å². The number of nitrogens with zero attached hydrogens (tertiary/aromatic N) is 4. The van der Waals surface area contributed by atoms with Gasteiger partial charge in [-0.2, -0.15) is 9.61 Å². The number of carbonyl (C=O) groups excluding carboxylic acids is 1. The summed E-state index contributed by atoms with van der Waals surface area (Å²) in [5, 5.41) is 20.8. The Labute approximate surface area is 186 Å². The van der Waals surface area contributed by atoms with Crippen molar-refractivity contribution in [2.45, 2.75) is 6.42 Å². The number of amides is 1. The average Bonchev–Trinajstić information content (AvgIpc) is 3.15. The van der Waals surface area contributed by atoms with Crippen molar-refractivity contribution in [2.75, 3.05) is 18.4 Å². The van der Waals surface area contributed by atoms with Gasteiger partial charge in [-0.05, 0) is 53.3 Å². The number of phenols is 1. The van der Waals surface area contributed by atoms with Crippen molar-refractivity contribution in [3.05, 3.63) is 70.2 Å². The first kappa shape index (κ1) is 20.1. The minimum absolute atomic E-state index is 0.173. The van der Waals surface area contributed by atoms with Crippen LogP contribution in [-0.2, 0) is 0 Å². The molecule has 0 saturated heterocycles. The molecule has 0 aliphatic rings. The maximum absolute atomic E-state index is 12.0. The summed E-state index contributed by atoms with van der Waals surface area (Å²) in [4.78, 5) is 20.7. The molecule has 0 radical (unpaired) electrons. The van der Waals surface area contributed by atoms with E-state index in [9.17, 15) is 9.90 Å². The molecular weight excluding hydrogens is 495 g/mol. The molecule has 3 N–H and O–H groups in total. The van der Waals surface area contributed by atoms with Gasteiger partial charge in [0.05, 0.1) is 15.5 Å². The molecule has 1 amide bonds. The molecule has 30 heavy (non-hydrogen) atoms. The maximum Gasteiger partial charge on any atom is 0.269 e. The zero-order valence-corrected chi connectivity index (χ0v) is 18.1. The van der Waals surface area contributed by atoms with Gasteiger partial charge in [0.15, 0.2) is 5.65 Å². The number of fused-ring (bicyclic) bond motifs is 1. The quantitative estimate of drug-likeness (QED) is 0.258. The van der Waals surface area contributed by atoms with E-state index >= 15 is 0 Å². The Kier molecular flexibility index (Phi) is 6.07. The van der Waals surface area contributed by atoms with E-state index in [0.717, 1.165) is 9.39 Å². The molecular formula is C21H19IN6O2. The summed E-state index contributed by atoms with van der Waals surface area (Å²) in [6.07, 6.45) is 4.06. The van der Waals surface area contributed by atoms with Gasteiger partial charge in [0.1, 0.15) is 17.3 Å². The van der Waals surface area contributed by atoms with Crippen molar-refractivity contribution in [3.8, 4) is 17.0 Å². The Bertz CT molecular complexity index is 1180. The molecule has 3 heterocycles. The normalized spacial score (nSPS) is 10.8. The molecule has 0 fully saturated rings. The molecule has 152 valence electrons. The fourth-order valence-electron chi connectivity index (χ4n) is 2.98. The molecule has 0 aliphatic heterocycles. The highest BCUT2D eigenvalue weighted by molar-refractivity contribution is 14.1. The van der Waals surface area contributed by atoms with E-state index in [1.807, 2.05) is 18.2 Å². The standard InChI is InChI=1S/C21H19IN6O2/c22-15-13-26-28-19(12-17(27-20(15)28)14-6-1-2-8-18(14)29)24-10-5-11-25-21(30)16-7-3-4-9-23-16/h1-4,6-9,12-13,24,29H,5,10-11H2,(H,25,30). The first-order chi connectivity index (χ1) is 14.6. The topological polar surface area (TPSA) is 104 Å². The highest BCUT2D eigenvalue weighted by Crippen LogP contribution is 2.30. The van der Waals surface area contributed by atoms with E-state index in [1.165, 1.54) is 0 Å². The monoisotopic (exact) mass is 514 g/mol. The zero-order chi connectivity index (χ0) is 20.9. The summed E-state index contributed by atoms with van der Waals surface area (Å²) < 4.78 is 2.65. The van der Waals surface area contributed by atoms with E-state index in [0.29, 0.717) is 42.1 Å². The Morgan fingerprint density at radius 1 is 1.13 bits per heavy atom. The molecule has 3 aromatic heterocycles. The summed E-state index contributed by atoms with van der Waals surface area (Å²) in [6, 6.07) is 14.2. The van der Waals surface area contributed by atoms with E-state index in [1.54, 1.807) is 47.2 Å². The second kappa shape index (κ2) is 9.08. The Morgan fingerprint density at radius 3 is 2.77 bits per heavy atom. The number of nitrogens with one attached hydrogen (secondary N) is 2. The van der Waals surface area contributed by atoms with Crippen molar-refractivity contribution >= 4 is 40.0 Å². The summed E-state index contributed by atoms with van der Waals surface area (Å²) in [6.45, 7) is 1.14. The van der Waals surface area contributed by atoms with Crippen molar-refractivity contribution in [1.82, 2.24) is 24.9 Å². The lowest BCUT2D eigenvalue weighted by Gasteiger charge is -2.12. The van der Waals surface area contributed by atoms with Gasteiger partial charge in [0.25, 0.3) is 5.91 Å². The summed E-state index contributed by atoms with van der Waals surface area (Å²) in [5.41, 5.74) is 2.43. The molecule has 0 saturated carbocycles. The predicted molar refractivity (Wildman–Crippen MR) is 122 cm³/mol. The number of hydrogen-bond acceptors (Lipinski definition) is 6. The van der Waals surface area contributed by atoms with Crippen LogP contribution in [0.15, 0.2) is 60.9 Å². The first-order valence-electron chi connectivity index (χ1n) is 9.39. The van der Waals surface area contributed by atoms with Gasteiger partial charge in [-0.25, -0.2) is 4.98 Å². The number of aromatic nitrogens is 4. The second-order valence-electron chi connectivity index (χ2n) is 6.52. The van der Waals surface area contributed by atoms with Crippen LogP contribution in [0.4, 0.5) is 5.82 Å². The highest BCUT2D eigenvalue weighted by Gasteiger charge is 2.13. The molecule has 4 rings (SSSR count). The SMILES string of the molecule is O=C(NCCCNc1cc(-c2ccccc2O)nc2c(I)cnn12)c1ccccn1. The summed E-state index contributed by atoms with van der Waals surface area (Å²) in [7, 11) is 0. The lowest BCUT2D eigenvalue weighted by atomic mass is 10.1. The van der Waals surface area contributed by atoms with Gasteiger partial charge in [-0.1, -0.05) is 18.2 Å². The van der Waals surface area contributed by atoms with Crippen molar-refractivity contribution in [3.63, 3.8) is 0 Å². The van der Waals surface area contributed by atoms with Gasteiger partial charge in [-0.15, -0.1) is 0 Å². The van der Waals surface area contributed by atoms with Crippen molar-refractivity contribution in [1.29, 1.82) is 0 Å². The number of para-hydroxylation sites is 1. The predicted octanol–water partition coefficient (Wildman–Crippen LogP) is 3.33. The zero-order valence-electron chi connectivity index (χ0n) is 15.9. The fraction of sp³-hybridized carbons (Fsp3) is 0.143. The summed E-state index contributed by atoms with van der Waals surface area (Å²) >= 11 is 2.19. The maximum atomic E-state index is 12.0. The van der Waals surface area contributed by atoms with Crippen LogP contribution in [-0.4, -0.2) is 43.7 Å². The third-order valence-electron chi connectivity index (χ3n) is 4.45. The van der Waals surface area contributed by atoms with Crippen molar-refractivity contribution < 1.29 is 9.90 Å². The number of phenolic OH excluding ortho intramolecular Hbond substituents is 1. The first-order valence-corrected chi connectivity index (χ1v) is 10.5. The molecule has 0 atom stereocenters. The van der Waals surface area contributed by atoms with Crippen LogP contribution in [0.3, 0.4) is 0 Å². The number of hydrogen-bond donors (Lipinski definition) is 3. The number of carbonyl (C=O) groups is 1. The van der Waals surface area contributed by atoms with Crippen LogP contribution in [0, 0.1) is 3.57 Å². The van der Waals surface area contributed by atoms with Crippen LogP contribution in [0.5, 0.6) is 5.75 Å². The van der Waals surface area contributed by atoms with Gasteiger partial charge in [0.2, 0.25) is 0 Å². The van der Waals surface area contributed by atoms with Crippen molar-refractivity contribution in [2.24, 2.45) is 0 Å². The minimum atomic E-state index is -0.189. The molecule has 8 nitrogen and oxygen atoms in total. The average molecular weight is 514 g/mol. The molecule has 0 aliphatic carbocycles. The van der Waals surface area contributed by atoms with E-state index < -0.39 is 0 Å². The number of pyridine rings is 1. The molecule has 4 aromatic rings. The van der Waals surface area contributed by atoms with Gasteiger partial charge >= 0.3 is 0 Å². The smallest absolute Gasteiger partial charge is 0.269 e. The number of halogens is 1. The lowest BCUT2D eigenvalue weighted by Crippen LogP contribution is -2.26. The fourth-order valence-corrected chi connectivity index (χ4v) is 3.46. The molecule has 9 heteroatoms. The largest absolute Gasteiger partial charge is 0.507 e. The Hall–Kier alpha value is -3.21.